The van der Waals surface area contributed by atoms with Crippen LogP contribution in [0.5, 0.6) is 5.75 Å². The topological polar surface area (TPSA) is 75.6 Å². The highest BCUT2D eigenvalue weighted by molar-refractivity contribution is 7.85. The minimum Gasteiger partial charge on any atom is -0.496 e. The number of nitrogens with one attached hydrogen (secondary N) is 1. The second-order valence-electron chi connectivity index (χ2n) is 4.13. The van der Waals surface area contributed by atoms with Gasteiger partial charge in [-0.25, -0.2) is 0 Å². The fourth-order valence-corrected chi connectivity index (χ4v) is 3.45. The van der Waals surface area contributed by atoms with Crippen LogP contribution in [0.1, 0.15) is 11.6 Å². The number of ether oxygens (including phenoxy) is 1. The Kier molecular flexibility index (Phi) is 3.98. The number of carboxylic acids is 1. The zero-order valence-corrected chi connectivity index (χ0v) is 10.8. The number of hydrogen-bond acceptors (Lipinski definition) is 4. The van der Waals surface area contributed by atoms with Crippen molar-refractivity contribution in [2.75, 3.05) is 18.6 Å². The van der Waals surface area contributed by atoms with E-state index in [1.807, 2.05) is 24.3 Å². The summed E-state index contributed by atoms with van der Waals surface area (Å²) in [5.74, 6) is 0.270. The van der Waals surface area contributed by atoms with E-state index in [9.17, 15) is 9.00 Å². The van der Waals surface area contributed by atoms with Crippen molar-refractivity contribution in [1.82, 2.24) is 5.32 Å². The Morgan fingerprint density at radius 3 is 2.83 bits per heavy atom. The van der Waals surface area contributed by atoms with Gasteiger partial charge in [0.1, 0.15) is 11.8 Å². The Bertz CT molecular complexity index is 477. The molecule has 3 unspecified atom stereocenters. The summed E-state index contributed by atoms with van der Waals surface area (Å²) in [5.41, 5.74) is 0.847. The van der Waals surface area contributed by atoms with E-state index in [-0.39, 0.29) is 11.8 Å². The number of hydrogen-bond donors (Lipinski definition) is 2. The molecule has 2 rings (SSSR count). The highest BCUT2D eigenvalue weighted by Gasteiger charge is 2.32. The zero-order chi connectivity index (χ0) is 13.1. The van der Waals surface area contributed by atoms with Crippen LogP contribution in [0.25, 0.3) is 0 Å². The number of para-hydroxylation sites is 1. The molecular formula is C12H15NO4S. The van der Waals surface area contributed by atoms with Gasteiger partial charge in [-0.15, -0.1) is 0 Å². The Hall–Kier alpha value is -1.40. The van der Waals surface area contributed by atoms with Gasteiger partial charge in [0.15, 0.2) is 0 Å². The summed E-state index contributed by atoms with van der Waals surface area (Å²) < 4.78 is 17.0. The van der Waals surface area contributed by atoms with Crippen molar-refractivity contribution in [2.45, 2.75) is 12.1 Å². The van der Waals surface area contributed by atoms with E-state index >= 15 is 0 Å². The van der Waals surface area contributed by atoms with Crippen LogP contribution in [0.2, 0.25) is 0 Å². The van der Waals surface area contributed by atoms with Gasteiger partial charge in [-0.05, 0) is 6.07 Å². The van der Waals surface area contributed by atoms with Crippen LogP contribution in [-0.2, 0) is 15.6 Å². The normalized spacial score (nSPS) is 27.7. The number of carboxylic acid groups (broad SMARTS) is 1. The predicted molar refractivity (Wildman–Crippen MR) is 68.2 cm³/mol. The standard InChI is InChI=1S/C12H15NO4S/c1-17-11-5-3-2-4-8(11)9-6-18(16)7-10(13-9)12(14)15/h2-5,9-10,13H,6-7H2,1H3,(H,14,15). The molecule has 5 nitrogen and oxygen atoms in total. The number of benzene rings is 1. The molecule has 0 radical (unpaired) electrons. The molecule has 6 heteroatoms. The van der Waals surface area contributed by atoms with Crippen molar-refractivity contribution in [2.24, 2.45) is 0 Å². The molecule has 3 atom stereocenters. The summed E-state index contributed by atoms with van der Waals surface area (Å²) in [6, 6.07) is 6.35. The Balaban J connectivity index is 2.26. The minimum absolute atomic E-state index is 0.154. The van der Waals surface area contributed by atoms with Crippen LogP contribution in [0.4, 0.5) is 0 Å². The Morgan fingerprint density at radius 2 is 2.17 bits per heavy atom. The maximum atomic E-state index is 11.7. The lowest BCUT2D eigenvalue weighted by atomic mass is 10.1. The average molecular weight is 269 g/mol. The molecule has 0 spiro atoms. The lowest BCUT2D eigenvalue weighted by molar-refractivity contribution is -0.139. The van der Waals surface area contributed by atoms with E-state index in [4.69, 9.17) is 9.84 Å². The smallest absolute Gasteiger partial charge is 0.321 e. The van der Waals surface area contributed by atoms with Gasteiger partial charge in [-0.1, -0.05) is 18.2 Å². The molecule has 1 aromatic rings. The van der Waals surface area contributed by atoms with Crippen LogP contribution >= 0.6 is 0 Å². The quantitative estimate of drug-likeness (QED) is 0.837. The van der Waals surface area contributed by atoms with Gasteiger partial charge in [-0.3, -0.25) is 14.3 Å². The first kappa shape index (κ1) is 13.0. The van der Waals surface area contributed by atoms with Gasteiger partial charge in [0, 0.05) is 33.9 Å². The molecule has 2 N–H and O–H groups in total. The second kappa shape index (κ2) is 5.49. The third-order valence-electron chi connectivity index (χ3n) is 2.92. The molecule has 0 aromatic heterocycles. The summed E-state index contributed by atoms with van der Waals surface area (Å²) in [6.45, 7) is 0. The van der Waals surface area contributed by atoms with Crippen molar-refractivity contribution < 1.29 is 18.8 Å². The van der Waals surface area contributed by atoms with Crippen LogP contribution < -0.4 is 10.1 Å². The van der Waals surface area contributed by atoms with E-state index in [0.29, 0.717) is 11.5 Å². The molecular weight excluding hydrogens is 254 g/mol. The maximum Gasteiger partial charge on any atom is 0.321 e. The van der Waals surface area contributed by atoms with Gasteiger partial charge in [0.25, 0.3) is 0 Å². The predicted octanol–water partition coefficient (Wildman–Crippen LogP) is 0.541. The monoisotopic (exact) mass is 269 g/mol. The van der Waals surface area contributed by atoms with Crippen molar-refractivity contribution in [1.29, 1.82) is 0 Å². The fraction of sp³-hybridized carbons (Fsp3) is 0.417. The molecule has 1 saturated heterocycles. The highest BCUT2D eigenvalue weighted by Crippen LogP contribution is 2.27. The van der Waals surface area contributed by atoms with Crippen LogP contribution in [0, 0.1) is 0 Å². The van der Waals surface area contributed by atoms with E-state index in [2.05, 4.69) is 5.32 Å². The fourth-order valence-electron chi connectivity index (χ4n) is 2.06. The lowest BCUT2D eigenvalue weighted by Crippen LogP contribution is -2.49. The van der Waals surface area contributed by atoms with Crippen LogP contribution in [0.3, 0.4) is 0 Å². The first-order valence-electron chi connectivity index (χ1n) is 5.58. The molecule has 1 aliphatic rings. The largest absolute Gasteiger partial charge is 0.496 e. The van der Waals surface area contributed by atoms with Crippen LogP contribution in [-0.4, -0.2) is 39.9 Å². The van der Waals surface area contributed by atoms with Gasteiger partial charge >= 0.3 is 5.97 Å². The molecule has 1 fully saturated rings. The van der Waals surface area contributed by atoms with Gasteiger partial charge in [0.2, 0.25) is 0 Å². The second-order valence-corrected chi connectivity index (χ2v) is 5.67. The minimum atomic E-state index is -1.13. The third kappa shape index (κ3) is 2.70. The Labute approximate surface area is 108 Å². The van der Waals surface area contributed by atoms with E-state index in [1.54, 1.807) is 7.11 Å². The highest BCUT2D eigenvalue weighted by atomic mass is 32.2. The molecule has 1 aromatic carbocycles. The van der Waals surface area contributed by atoms with Crippen molar-refractivity contribution in [3.05, 3.63) is 29.8 Å². The van der Waals surface area contributed by atoms with E-state index in [0.717, 1.165) is 5.56 Å². The summed E-state index contributed by atoms with van der Waals surface area (Å²) in [5, 5.41) is 12.0. The van der Waals surface area contributed by atoms with Crippen molar-refractivity contribution in [3.63, 3.8) is 0 Å². The number of carbonyl (C=O) groups is 1. The summed E-state index contributed by atoms with van der Waals surface area (Å²) in [4.78, 5) is 11.0. The number of rotatable bonds is 3. The summed E-state index contributed by atoms with van der Waals surface area (Å²) in [6.07, 6.45) is 0. The summed E-state index contributed by atoms with van der Waals surface area (Å²) in [7, 11) is 0.432. The van der Waals surface area contributed by atoms with Crippen molar-refractivity contribution in [3.8, 4) is 5.75 Å². The molecule has 0 aliphatic carbocycles. The molecule has 98 valence electrons. The molecule has 1 aliphatic heterocycles. The number of aliphatic carboxylic acids is 1. The Morgan fingerprint density at radius 1 is 1.44 bits per heavy atom. The van der Waals surface area contributed by atoms with Crippen molar-refractivity contribution >= 4 is 16.8 Å². The van der Waals surface area contributed by atoms with Gasteiger partial charge < -0.3 is 9.84 Å². The molecule has 0 saturated carbocycles. The molecule has 0 bridgehead atoms. The maximum absolute atomic E-state index is 11.7. The van der Waals surface area contributed by atoms with E-state index in [1.165, 1.54) is 0 Å². The molecule has 0 amide bonds. The summed E-state index contributed by atoms with van der Waals surface area (Å²) >= 11 is 0. The molecule has 1 heterocycles. The lowest BCUT2D eigenvalue weighted by Gasteiger charge is -2.29. The SMILES string of the molecule is COc1ccccc1C1CS(=O)CC(C(=O)O)N1. The number of methoxy groups -OCH3 is 1. The van der Waals surface area contributed by atoms with E-state index < -0.39 is 22.8 Å². The molecule has 18 heavy (non-hydrogen) atoms. The van der Waals surface area contributed by atoms with Gasteiger partial charge in [-0.2, -0.15) is 0 Å². The zero-order valence-electron chi connectivity index (χ0n) is 9.96. The van der Waals surface area contributed by atoms with Crippen LogP contribution in [0.15, 0.2) is 24.3 Å². The average Bonchev–Trinajstić information content (AvgIpc) is 2.38. The third-order valence-corrected chi connectivity index (χ3v) is 4.33. The first-order valence-corrected chi connectivity index (χ1v) is 7.07. The first-order chi connectivity index (χ1) is 8.61. The van der Waals surface area contributed by atoms with Gasteiger partial charge in [0.05, 0.1) is 7.11 Å².